The average Bonchev–Trinajstić information content (AvgIpc) is 3.27. The first-order valence-corrected chi connectivity index (χ1v) is 11.4. The number of hydrogen-bond acceptors (Lipinski definition) is 7. The summed E-state index contributed by atoms with van der Waals surface area (Å²) in [5.74, 6) is -1.10. The molecule has 1 amide bonds. The van der Waals surface area contributed by atoms with E-state index in [1.54, 1.807) is 48.2 Å². The van der Waals surface area contributed by atoms with E-state index >= 15 is 0 Å². The van der Waals surface area contributed by atoms with Crippen LogP contribution in [0.25, 0.3) is 0 Å². The van der Waals surface area contributed by atoms with Crippen LogP contribution in [-0.4, -0.2) is 48.3 Å². The van der Waals surface area contributed by atoms with Crippen LogP contribution in [0.2, 0.25) is 0 Å². The topological polar surface area (TPSA) is 110 Å². The number of amides is 1. The highest BCUT2D eigenvalue weighted by molar-refractivity contribution is 6.02. The van der Waals surface area contributed by atoms with Crippen LogP contribution in [0.4, 0.5) is 17.1 Å². The Bertz CT molecular complexity index is 1140. The predicted molar refractivity (Wildman–Crippen MR) is 126 cm³/mol. The van der Waals surface area contributed by atoms with Crippen molar-refractivity contribution < 1.29 is 24.0 Å². The number of carbonyl (C=O) groups is 3. The van der Waals surface area contributed by atoms with Gasteiger partial charge in [0.25, 0.3) is 5.69 Å². The number of nitro benzene ring substituents is 1. The molecule has 0 aliphatic carbocycles. The Labute approximate surface area is 197 Å². The lowest BCUT2D eigenvalue weighted by Gasteiger charge is -2.32. The van der Waals surface area contributed by atoms with Gasteiger partial charge in [-0.1, -0.05) is 12.1 Å². The number of hydrogen-bond donors (Lipinski definition) is 0. The molecule has 0 saturated carbocycles. The van der Waals surface area contributed by atoms with E-state index < -0.39 is 17.0 Å². The highest BCUT2D eigenvalue weighted by Gasteiger charge is 2.31. The molecule has 1 saturated heterocycles. The first kappa shape index (κ1) is 23.4. The summed E-state index contributed by atoms with van der Waals surface area (Å²) in [4.78, 5) is 51.8. The molecule has 9 heteroatoms. The monoisotopic (exact) mass is 465 g/mol. The van der Waals surface area contributed by atoms with Gasteiger partial charge in [0.1, 0.15) is 5.69 Å². The fourth-order valence-electron chi connectivity index (χ4n) is 4.68. The van der Waals surface area contributed by atoms with Crippen molar-refractivity contribution in [3.8, 4) is 0 Å². The van der Waals surface area contributed by atoms with E-state index in [0.29, 0.717) is 50.1 Å². The Hall–Kier alpha value is -3.75. The zero-order valence-electron chi connectivity index (χ0n) is 19.2. The van der Waals surface area contributed by atoms with Crippen LogP contribution < -0.4 is 9.80 Å². The highest BCUT2D eigenvalue weighted by Crippen LogP contribution is 2.32. The van der Waals surface area contributed by atoms with Gasteiger partial charge in [-0.15, -0.1) is 0 Å². The van der Waals surface area contributed by atoms with Crippen molar-refractivity contribution in [1.29, 1.82) is 0 Å². The third kappa shape index (κ3) is 4.64. The van der Waals surface area contributed by atoms with Crippen LogP contribution in [0.15, 0.2) is 42.5 Å². The van der Waals surface area contributed by atoms with Gasteiger partial charge >= 0.3 is 5.97 Å². The quantitative estimate of drug-likeness (QED) is 0.278. The van der Waals surface area contributed by atoms with Crippen LogP contribution >= 0.6 is 0 Å². The molecule has 0 N–H and O–H groups in total. The SMILES string of the molecule is CC(=O)N1CCc2cc(C(=O)C(C)OC(=O)C3CCN(c4ccccc4[N+](=O)[O-])CC3)ccc21. The Morgan fingerprint density at radius 1 is 1.06 bits per heavy atom. The summed E-state index contributed by atoms with van der Waals surface area (Å²) < 4.78 is 5.51. The van der Waals surface area contributed by atoms with Crippen molar-refractivity contribution >= 4 is 34.7 Å². The van der Waals surface area contributed by atoms with Gasteiger partial charge in [-0.25, -0.2) is 0 Å². The first-order valence-electron chi connectivity index (χ1n) is 11.4. The Kier molecular flexibility index (Phi) is 6.63. The standard InChI is InChI=1S/C25H27N3O6/c1-16(24(30)20-7-8-21-19(15-20)11-14-27(21)17(2)29)34-25(31)18-9-12-26(13-10-18)22-5-3-4-6-23(22)28(32)33/h3-8,15-16,18H,9-14H2,1-2H3. The predicted octanol–water partition coefficient (Wildman–Crippen LogP) is 3.53. The molecule has 0 aromatic heterocycles. The van der Waals surface area contributed by atoms with Crippen molar-refractivity contribution in [3.63, 3.8) is 0 Å². The summed E-state index contributed by atoms with van der Waals surface area (Å²) >= 11 is 0. The molecule has 1 atom stereocenters. The van der Waals surface area contributed by atoms with Crippen molar-refractivity contribution in [3.05, 3.63) is 63.7 Å². The number of rotatable bonds is 6. The van der Waals surface area contributed by atoms with E-state index in [9.17, 15) is 24.5 Å². The molecule has 178 valence electrons. The number of carbonyl (C=O) groups excluding carboxylic acids is 3. The molecule has 2 heterocycles. The summed E-state index contributed by atoms with van der Waals surface area (Å²) in [6, 6.07) is 11.8. The summed E-state index contributed by atoms with van der Waals surface area (Å²) in [6.07, 6.45) is 0.739. The zero-order chi connectivity index (χ0) is 24.4. The van der Waals surface area contributed by atoms with Crippen LogP contribution in [0.5, 0.6) is 0 Å². The number of nitro groups is 1. The minimum absolute atomic E-state index is 0.0342. The number of ether oxygens (including phenoxy) is 1. The van der Waals surface area contributed by atoms with E-state index in [1.807, 2.05) is 4.90 Å². The minimum atomic E-state index is -0.927. The molecule has 0 spiro atoms. The maximum Gasteiger partial charge on any atom is 0.309 e. The number of ketones is 1. The smallest absolute Gasteiger partial charge is 0.309 e. The zero-order valence-corrected chi connectivity index (χ0v) is 19.2. The second-order valence-electron chi connectivity index (χ2n) is 8.71. The molecule has 2 aliphatic heterocycles. The summed E-state index contributed by atoms with van der Waals surface area (Å²) in [6.45, 7) is 4.66. The molecule has 0 bridgehead atoms. The van der Waals surface area contributed by atoms with Gasteiger partial charge in [-0.3, -0.25) is 24.5 Å². The first-order chi connectivity index (χ1) is 16.3. The maximum atomic E-state index is 12.9. The lowest BCUT2D eigenvalue weighted by Crippen LogP contribution is -2.38. The minimum Gasteiger partial charge on any atom is -0.454 e. The van der Waals surface area contributed by atoms with Gasteiger partial charge in [0.15, 0.2) is 6.10 Å². The largest absolute Gasteiger partial charge is 0.454 e. The van der Waals surface area contributed by atoms with Crippen LogP contribution in [0.3, 0.4) is 0 Å². The van der Waals surface area contributed by atoms with Crippen molar-refractivity contribution in [2.75, 3.05) is 29.4 Å². The van der Waals surface area contributed by atoms with Gasteiger partial charge in [0.05, 0.1) is 10.8 Å². The number of benzene rings is 2. The number of piperidine rings is 1. The molecule has 1 fully saturated rings. The Balaban J connectivity index is 1.34. The van der Waals surface area contributed by atoms with Crippen LogP contribution in [0.1, 0.15) is 42.6 Å². The van der Waals surface area contributed by atoms with Crippen LogP contribution in [0, 0.1) is 16.0 Å². The fourth-order valence-corrected chi connectivity index (χ4v) is 4.68. The fraction of sp³-hybridized carbons (Fsp3) is 0.400. The number of para-hydroxylation sites is 2. The summed E-state index contributed by atoms with van der Waals surface area (Å²) in [5.41, 5.74) is 2.79. The molecule has 9 nitrogen and oxygen atoms in total. The van der Waals surface area contributed by atoms with E-state index in [0.717, 1.165) is 11.3 Å². The Morgan fingerprint density at radius 3 is 2.44 bits per heavy atom. The molecule has 1 unspecified atom stereocenters. The van der Waals surface area contributed by atoms with Crippen molar-refractivity contribution in [2.45, 2.75) is 39.2 Å². The third-order valence-corrected chi connectivity index (χ3v) is 6.55. The number of fused-ring (bicyclic) bond motifs is 1. The number of nitrogens with zero attached hydrogens (tertiary/aromatic N) is 3. The number of esters is 1. The van der Waals surface area contributed by atoms with Crippen LogP contribution in [-0.2, 0) is 20.7 Å². The Morgan fingerprint density at radius 2 is 1.76 bits per heavy atom. The third-order valence-electron chi connectivity index (χ3n) is 6.55. The van der Waals surface area contributed by atoms with Gasteiger partial charge in [0.2, 0.25) is 11.7 Å². The summed E-state index contributed by atoms with van der Waals surface area (Å²) in [7, 11) is 0. The van der Waals surface area contributed by atoms with Gasteiger partial charge in [0, 0.05) is 43.9 Å². The molecule has 4 rings (SSSR count). The van der Waals surface area contributed by atoms with E-state index in [1.165, 1.54) is 13.0 Å². The molecule has 2 aromatic rings. The van der Waals surface area contributed by atoms with E-state index in [4.69, 9.17) is 4.74 Å². The highest BCUT2D eigenvalue weighted by atomic mass is 16.6. The second kappa shape index (κ2) is 9.62. The molecule has 34 heavy (non-hydrogen) atoms. The van der Waals surface area contributed by atoms with E-state index in [2.05, 4.69) is 0 Å². The van der Waals surface area contributed by atoms with Gasteiger partial charge in [-0.05, 0) is 56.0 Å². The number of Topliss-reactive ketones (excluding diaryl/α,β-unsaturated/α-hetero) is 1. The lowest BCUT2D eigenvalue weighted by atomic mass is 9.96. The molecule has 2 aromatic carbocycles. The lowest BCUT2D eigenvalue weighted by molar-refractivity contribution is -0.384. The van der Waals surface area contributed by atoms with Crippen molar-refractivity contribution in [2.24, 2.45) is 5.92 Å². The molecule has 0 radical (unpaired) electrons. The van der Waals surface area contributed by atoms with Gasteiger partial charge in [-0.2, -0.15) is 0 Å². The second-order valence-corrected chi connectivity index (χ2v) is 8.71. The summed E-state index contributed by atoms with van der Waals surface area (Å²) in [5, 5.41) is 11.3. The van der Waals surface area contributed by atoms with Crippen molar-refractivity contribution in [1.82, 2.24) is 0 Å². The number of anilines is 2. The van der Waals surface area contributed by atoms with E-state index in [-0.39, 0.29) is 23.3 Å². The average molecular weight is 466 g/mol. The molecular weight excluding hydrogens is 438 g/mol. The molecular formula is C25H27N3O6. The maximum absolute atomic E-state index is 12.9. The van der Waals surface area contributed by atoms with Gasteiger partial charge < -0.3 is 14.5 Å². The normalized spacial score (nSPS) is 16.6. The molecule has 2 aliphatic rings.